The molecule has 0 aliphatic rings. The largest absolute Gasteiger partial charge is 0.569 e. The molecule has 0 bridgehead atoms. The van der Waals surface area contributed by atoms with Crippen LogP contribution in [0.25, 0.3) is 0 Å². The highest BCUT2D eigenvalue weighted by molar-refractivity contribution is 6.17. The first-order valence-electron chi connectivity index (χ1n) is 5.25. The molecule has 1 rings (SSSR count). The van der Waals surface area contributed by atoms with Gasteiger partial charge >= 0.3 is 13.7 Å². The second-order valence-electron chi connectivity index (χ2n) is 3.86. The van der Waals surface area contributed by atoms with Crippen LogP contribution in [0.1, 0.15) is 18.9 Å². The second kappa shape index (κ2) is 5.70. The predicted octanol–water partition coefficient (Wildman–Crippen LogP) is 0.327. The molecule has 0 saturated heterocycles. The van der Waals surface area contributed by atoms with Gasteiger partial charge in [-0.25, -0.2) is 0 Å². The van der Waals surface area contributed by atoms with Gasteiger partial charge in [0.15, 0.2) is 0 Å². The number of hydrogen-bond acceptors (Lipinski definition) is 4. The van der Waals surface area contributed by atoms with E-state index in [0.717, 1.165) is 5.56 Å². The smallest absolute Gasteiger partial charge is 0.537 e. The lowest BCUT2D eigenvalue weighted by Gasteiger charge is -2.22. The lowest BCUT2D eigenvalue weighted by Crippen LogP contribution is -2.49. The SMILES string of the molecule is CC[C@@](N)(Cc1ccc(O[B]O)cc1)C(=O)O. The van der Waals surface area contributed by atoms with E-state index in [1.807, 2.05) is 0 Å². The molecule has 0 amide bonds. The minimum Gasteiger partial charge on any atom is -0.537 e. The Morgan fingerprint density at radius 1 is 1.47 bits per heavy atom. The summed E-state index contributed by atoms with van der Waals surface area (Å²) in [5, 5.41) is 17.5. The maximum absolute atomic E-state index is 11.0. The fourth-order valence-corrected chi connectivity index (χ4v) is 1.46. The molecule has 1 aromatic carbocycles. The van der Waals surface area contributed by atoms with E-state index in [2.05, 4.69) is 0 Å². The van der Waals surface area contributed by atoms with Crippen molar-refractivity contribution < 1.29 is 19.6 Å². The van der Waals surface area contributed by atoms with Crippen molar-refractivity contribution in [1.29, 1.82) is 0 Å². The van der Waals surface area contributed by atoms with Crippen LogP contribution in [0.5, 0.6) is 5.75 Å². The number of aliphatic carboxylic acids is 1. The second-order valence-corrected chi connectivity index (χ2v) is 3.86. The molecular weight excluding hydrogens is 221 g/mol. The summed E-state index contributed by atoms with van der Waals surface area (Å²) in [6, 6.07) is 6.72. The molecule has 0 spiro atoms. The number of benzene rings is 1. The maximum atomic E-state index is 11.0. The van der Waals surface area contributed by atoms with Gasteiger partial charge in [0, 0.05) is 6.42 Å². The van der Waals surface area contributed by atoms with E-state index in [0.29, 0.717) is 19.9 Å². The standard InChI is InChI=1S/C11H15BNO4/c1-2-11(13,10(14)15)7-8-3-5-9(6-4-8)17-12-16/h3-6,16H,2,7,13H2,1H3,(H,14,15)/t11-/m1/s1. The minimum atomic E-state index is -1.24. The van der Waals surface area contributed by atoms with E-state index in [4.69, 9.17) is 20.5 Å². The Kier molecular flexibility index (Phi) is 4.54. The summed E-state index contributed by atoms with van der Waals surface area (Å²) in [7, 11) is 0.589. The molecule has 0 aromatic heterocycles. The van der Waals surface area contributed by atoms with Crippen LogP contribution < -0.4 is 10.4 Å². The third kappa shape index (κ3) is 3.47. The molecule has 1 radical (unpaired) electrons. The van der Waals surface area contributed by atoms with E-state index in [1.54, 1.807) is 31.2 Å². The van der Waals surface area contributed by atoms with Crippen LogP contribution in [0.15, 0.2) is 24.3 Å². The van der Waals surface area contributed by atoms with Gasteiger partial charge in [0.1, 0.15) is 5.54 Å². The molecule has 0 fully saturated rings. The first-order valence-corrected chi connectivity index (χ1v) is 5.25. The molecule has 1 aromatic rings. The van der Waals surface area contributed by atoms with Crippen molar-refractivity contribution in [3.63, 3.8) is 0 Å². The summed E-state index contributed by atoms with van der Waals surface area (Å²) < 4.78 is 4.75. The number of carbonyl (C=O) groups is 1. The van der Waals surface area contributed by atoms with Gasteiger partial charge in [-0.15, -0.1) is 0 Å². The molecule has 0 unspecified atom stereocenters. The number of rotatable bonds is 6. The van der Waals surface area contributed by atoms with Crippen LogP contribution in [0.3, 0.4) is 0 Å². The zero-order chi connectivity index (χ0) is 12.9. The molecule has 1 atom stereocenters. The first-order chi connectivity index (χ1) is 8.01. The Bertz CT molecular complexity index is 382. The molecule has 4 N–H and O–H groups in total. The molecule has 91 valence electrons. The molecule has 0 aliphatic carbocycles. The Labute approximate surface area is 101 Å². The molecule has 17 heavy (non-hydrogen) atoms. The highest BCUT2D eigenvalue weighted by Crippen LogP contribution is 2.18. The van der Waals surface area contributed by atoms with Gasteiger partial charge in [0.2, 0.25) is 0 Å². The Morgan fingerprint density at radius 2 is 2.06 bits per heavy atom. The van der Waals surface area contributed by atoms with E-state index in [9.17, 15) is 4.79 Å². The number of carboxylic acid groups (broad SMARTS) is 1. The van der Waals surface area contributed by atoms with Crippen molar-refractivity contribution in [3.05, 3.63) is 29.8 Å². The minimum absolute atomic E-state index is 0.252. The van der Waals surface area contributed by atoms with Crippen molar-refractivity contribution in [3.8, 4) is 5.75 Å². The summed E-state index contributed by atoms with van der Waals surface area (Å²) >= 11 is 0. The zero-order valence-corrected chi connectivity index (χ0v) is 9.59. The summed E-state index contributed by atoms with van der Waals surface area (Å²) in [5.74, 6) is -0.533. The van der Waals surface area contributed by atoms with Crippen molar-refractivity contribution in [2.75, 3.05) is 0 Å². The number of carboxylic acids is 1. The summed E-state index contributed by atoms with van der Waals surface area (Å²) in [6.07, 6.45) is 0.604. The van der Waals surface area contributed by atoms with Crippen LogP contribution in [-0.2, 0) is 11.2 Å². The molecule has 6 heteroatoms. The number of nitrogens with two attached hydrogens (primary N) is 1. The van der Waals surface area contributed by atoms with Crippen molar-refractivity contribution in [2.24, 2.45) is 5.73 Å². The average molecular weight is 236 g/mol. The van der Waals surface area contributed by atoms with Gasteiger partial charge in [-0.1, -0.05) is 19.1 Å². The quantitative estimate of drug-likeness (QED) is 0.618. The van der Waals surface area contributed by atoms with Crippen LogP contribution in [-0.4, -0.2) is 29.3 Å². The fourth-order valence-electron chi connectivity index (χ4n) is 1.46. The Morgan fingerprint density at radius 3 is 2.47 bits per heavy atom. The van der Waals surface area contributed by atoms with E-state index in [1.165, 1.54) is 0 Å². The van der Waals surface area contributed by atoms with E-state index in [-0.39, 0.29) is 6.42 Å². The third-order valence-electron chi connectivity index (χ3n) is 2.69. The lowest BCUT2D eigenvalue weighted by molar-refractivity contribution is -0.143. The van der Waals surface area contributed by atoms with Gasteiger partial charge in [0.05, 0.1) is 5.75 Å². The summed E-state index contributed by atoms with van der Waals surface area (Å²) in [6.45, 7) is 1.74. The van der Waals surface area contributed by atoms with Gasteiger partial charge in [-0.05, 0) is 24.1 Å². The zero-order valence-electron chi connectivity index (χ0n) is 9.59. The van der Waals surface area contributed by atoms with Gasteiger partial charge < -0.3 is 20.5 Å². The molecule has 5 nitrogen and oxygen atoms in total. The lowest BCUT2D eigenvalue weighted by atomic mass is 9.89. The van der Waals surface area contributed by atoms with Crippen molar-refractivity contribution in [1.82, 2.24) is 0 Å². The van der Waals surface area contributed by atoms with Crippen LogP contribution in [0.2, 0.25) is 0 Å². The van der Waals surface area contributed by atoms with Crippen LogP contribution in [0, 0.1) is 0 Å². The predicted molar refractivity (Wildman–Crippen MR) is 63.6 cm³/mol. The monoisotopic (exact) mass is 236 g/mol. The van der Waals surface area contributed by atoms with Crippen LogP contribution in [0.4, 0.5) is 0 Å². The molecule has 0 heterocycles. The van der Waals surface area contributed by atoms with Crippen molar-refractivity contribution >= 4 is 13.7 Å². The van der Waals surface area contributed by atoms with Gasteiger partial charge in [0.25, 0.3) is 0 Å². The highest BCUT2D eigenvalue weighted by atomic mass is 16.5. The Balaban J connectivity index is 2.77. The van der Waals surface area contributed by atoms with E-state index >= 15 is 0 Å². The summed E-state index contributed by atoms with van der Waals surface area (Å²) in [5.41, 5.74) is 5.35. The summed E-state index contributed by atoms with van der Waals surface area (Å²) in [4.78, 5) is 11.0. The maximum Gasteiger partial charge on any atom is 0.569 e. The molecule has 0 saturated carbocycles. The highest BCUT2D eigenvalue weighted by Gasteiger charge is 2.31. The van der Waals surface area contributed by atoms with Gasteiger partial charge in [-0.3, -0.25) is 4.79 Å². The van der Waals surface area contributed by atoms with E-state index < -0.39 is 11.5 Å². The Hall–Kier alpha value is -1.53. The van der Waals surface area contributed by atoms with Gasteiger partial charge in [-0.2, -0.15) is 0 Å². The fraction of sp³-hybridized carbons (Fsp3) is 0.364. The average Bonchev–Trinajstić information content (AvgIpc) is 2.31. The third-order valence-corrected chi connectivity index (χ3v) is 2.69. The topological polar surface area (TPSA) is 92.8 Å². The van der Waals surface area contributed by atoms with Crippen molar-refractivity contribution in [2.45, 2.75) is 25.3 Å². The molecular formula is C11H15BNO4. The number of hydrogen-bond donors (Lipinski definition) is 3. The van der Waals surface area contributed by atoms with Crippen LogP contribution >= 0.6 is 0 Å². The normalized spacial score (nSPS) is 13.8. The molecule has 0 aliphatic heterocycles. The first kappa shape index (κ1) is 13.5.